The van der Waals surface area contributed by atoms with E-state index in [1.54, 1.807) is 6.92 Å². The number of hydrogen-bond donors (Lipinski definition) is 3. The fraction of sp³-hybridized carbons (Fsp3) is 0.333. The zero-order valence-electron chi connectivity index (χ0n) is 10.4. The van der Waals surface area contributed by atoms with E-state index in [0.717, 1.165) is 0 Å². The van der Waals surface area contributed by atoms with Crippen molar-refractivity contribution < 1.29 is 14.7 Å². The van der Waals surface area contributed by atoms with E-state index in [0.29, 0.717) is 6.54 Å². The lowest BCUT2D eigenvalue weighted by molar-refractivity contribution is -0.121. The molecule has 0 spiro atoms. The van der Waals surface area contributed by atoms with Gasteiger partial charge in [0.25, 0.3) is 5.91 Å². The van der Waals surface area contributed by atoms with Crippen LogP contribution in [-0.4, -0.2) is 42.0 Å². The number of nitrogens with one attached hydrogen (secondary N) is 1. The quantitative estimate of drug-likeness (QED) is 0.525. The number of nitrogen functional groups attached to an aromatic ring is 1. The van der Waals surface area contributed by atoms with Crippen LogP contribution >= 0.6 is 0 Å². The maximum atomic E-state index is 12.0. The van der Waals surface area contributed by atoms with E-state index in [9.17, 15) is 14.7 Å². The summed E-state index contributed by atoms with van der Waals surface area (Å²) in [6.45, 7) is 2.25. The Morgan fingerprint density at radius 3 is 2.72 bits per heavy atom. The number of carbonyl (C=O) groups is 2. The molecule has 4 N–H and O–H groups in total. The molecule has 0 aromatic heterocycles. The van der Waals surface area contributed by atoms with Crippen LogP contribution in [0.1, 0.15) is 17.3 Å². The smallest absolute Gasteiger partial charge is 0.256 e. The summed E-state index contributed by atoms with van der Waals surface area (Å²) in [7, 11) is 1.50. The molecule has 2 amide bonds. The molecule has 0 saturated carbocycles. The number of likely N-dealkylation sites (N-methyl/N-ethyl adjacent to an activating group) is 2. The molecule has 0 aliphatic rings. The molecule has 0 aliphatic heterocycles. The van der Waals surface area contributed by atoms with Gasteiger partial charge in [0.05, 0.1) is 12.1 Å². The molecule has 98 valence electrons. The fourth-order valence-electron chi connectivity index (χ4n) is 1.48. The molecule has 1 aromatic rings. The molecular formula is C12H17N3O3. The molecule has 1 rings (SSSR count). The molecule has 1 aromatic carbocycles. The van der Waals surface area contributed by atoms with Crippen molar-refractivity contribution in [2.24, 2.45) is 0 Å². The van der Waals surface area contributed by atoms with Gasteiger partial charge in [-0.25, -0.2) is 0 Å². The lowest BCUT2D eigenvalue weighted by atomic mass is 10.1. The van der Waals surface area contributed by atoms with E-state index in [4.69, 9.17) is 5.73 Å². The number of benzene rings is 1. The highest BCUT2D eigenvalue weighted by molar-refractivity contribution is 6.00. The van der Waals surface area contributed by atoms with E-state index in [-0.39, 0.29) is 29.5 Å². The molecule has 0 bridgehead atoms. The second-order valence-corrected chi connectivity index (χ2v) is 3.89. The highest BCUT2D eigenvalue weighted by Crippen LogP contribution is 2.19. The second kappa shape index (κ2) is 5.90. The van der Waals surface area contributed by atoms with Gasteiger partial charge in [-0.2, -0.15) is 0 Å². The van der Waals surface area contributed by atoms with Gasteiger partial charge < -0.3 is 21.1 Å². The predicted molar refractivity (Wildman–Crippen MR) is 68.2 cm³/mol. The zero-order valence-corrected chi connectivity index (χ0v) is 10.4. The number of phenolic OH excluding ortho intramolecular Hbond substituents is 1. The molecule has 18 heavy (non-hydrogen) atoms. The summed E-state index contributed by atoms with van der Waals surface area (Å²) in [6.07, 6.45) is 0. The van der Waals surface area contributed by atoms with E-state index >= 15 is 0 Å². The molecule has 0 saturated heterocycles. The number of nitrogens with two attached hydrogens (primary N) is 1. The van der Waals surface area contributed by atoms with Gasteiger partial charge in [-0.3, -0.25) is 9.59 Å². The minimum atomic E-state index is -0.408. The number of carbonyl (C=O) groups excluding carboxylic acids is 2. The van der Waals surface area contributed by atoms with Crippen molar-refractivity contribution in [1.82, 2.24) is 10.2 Å². The standard InChI is InChI=1S/C12H17N3O3/c1-3-14-11(17)7-15(2)12(18)9-6-8(16)4-5-10(9)13/h4-6,16H,3,7,13H2,1-2H3,(H,14,17). The summed E-state index contributed by atoms with van der Waals surface area (Å²) >= 11 is 0. The van der Waals surface area contributed by atoms with Crippen molar-refractivity contribution in [2.75, 3.05) is 25.9 Å². The topological polar surface area (TPSA) is 95.7 Å². The van der Waals surface area contributed by atoms with Gasteiger partial charge in [0.2, 0.25) is 5.91 Å². The molecule has 0 aliphatic carbocycles. The number of anilines is 1. The first-order valence-electron chi connectivity index (χ1n) is 5.56. The Hall–Kier alpha value is -2.24. The molecule has 0 unspecified atom stereocenters. The van der Waals surface area contributed by atoms with Crippen LogP contribution in [-0.2, 0) is 4.79 Å². The van der Waals surface area contributed by atoms with Gasteiger partial charge >= 0.3 is 0 Å². The number of nitrogens with zero attached hydrogens (tertiary/aromatic N) is 1. The summed E-state index contributed by atoms with van der Waals surface area (Å²) in [5.41, 5.74) is 6.11. The summed E-state index contributed by atoms with van der Waals surface area (Å²) in [5.74, 6) is -0.694. The first-order chi connectivity index (χ1) is 8.45. The molecule has 0 heterocycles. The fourth-order valence-corrected chi connectivity index (χ4v) is 1.48. The highest BCUT2D eigenvalue weighted by Gasteiger charge is 2.17. The Morgan fingerprint density at radius 2 is 2.11 bits per heavy atom. The maximum absolute atomic E-state index is 12.0. The van der Waals surface area contributed by atoms with Crippen molar-refractivity contribution >= 4 is 17.5 Å². The Bertz CT molecular complexity index is 460. The van der Waals surface area contributed by atoms with E-state index in [2.05, 4.69) is 5.32 Å². The normalized spacial score (nSPS) is 9.89. The largest absolute Gasteiger partial charge is 0.508 e. The molecule has 6 nitrogen and oxygen atoms in total. The lowest BCUT2D eigenvalue weighted by Gasteiger charge is -2.17. The Labute approximate surface area is 105 Å². The molecule has 0 atom stereocenters. The van der Waals surface area contributed by atoms with Crippen LogP contribution in [0.5, 0.6) is 5.75 Å². The van der Waals surface area contributed by atoms with Crippen LogP contribution in [0.3, 0.4) is 0 Å². The average molecular weight is 251 g/mol. The second-order valence-electron chi connectivity index (χ2n) is 3.89. The van der Waals surface area contributed by atoms with E-state index in [1.807, 2.05) is 0 Å². The summed E-state index contributed by atoms with van der Waals surface area (Å²) < 4.78 is 0. The number of amides is 2. The van der Waals surface area contributed by atoms with Crippen molar-refractivity contribution in [2.45, 2.75) is 6.92 Å². The Morgan fingerprint density at radius 1 is 1.44 bits per heavy atom. The Balaban J connectivity index is 2.80. The highest BCUT2D eigenvalue weighted by atomic mass is 16.3. The van der Waals surface area contributed by atoms with Crippen molar-refractivity contribution in [3.63, 3.8) is 0 Å². The van der Waals surface area contributed by atoms with Crippen LogP contribution in [0.25, 0.3) is 0 Å². The van der Waals surface area contributed by atoms with Gasteiger partial charge in [0.1, 0.15) is 5.75 Å². The molecular weight excluding hydrogens is 234 g/mol. The third-order valence-corrected chi connectivity index (χ3v) is 2.37. The monoisotopic (exact) mass is 251 g/mol. The third kappa shape index (κ3) is 3.38. The van der Waals surface area contributed by atoms with Crippen molar-refractivity contribution in [1.29, 1.82) is 0 Å². The summed E-state index contributed by atoms with van der Waals surface area (Å²) in [5, 5.41) is 11.9. The number of phenols is 1. The number of aromatic hydroxyl groups is 1. The van der Waals surface area contributed by atoms with E-state index < -0.39 is 5.91 Å². The minimum absolute atomic E-state index is 0.0426. The van der Waals surface area contributed by atoms with Crippen LogP contribution < -0.4 is 11.1 Å². The van der Waals surface area contributed by atoms with E-state index in [1.165, 1.54) is 30.1 Å². The maximum Gasteiger partial charge on any atom is 0.256 e. The van der Waals surface area contributed by atoms with Crippen LogP contribution in [0.15, 0.2) is 18.2 Å². The van der Waals surface area contributed by atoms with Crippen LogP contribution in [0.4, 0.5) is 5.69 Å². The first-order valence-corrected chi connectivity index (χ1v) is 5.56. The Kier molecular flexibility index (Phi) is 4.53. The van der Waals surface area contributed by atoms with Gasteiger partial charge in [-0.15, -0.1) is 0 Å². The van der Waals surface area contributed by atoms with Gasteiger partial charge in [-0.1, -0.05) is 0 Å². The lowest BCUT2D eigenvalue weighted by Crippen LogP contribution is -2.38. The zero-order chi connectivity index (χ0) is 13.7. The van der Waals surface area contributed by atoms with Gasteiger partial charge in [0.15, 0.2) is 0 Å². The number of rotatable bonds is 4. The van der Waals surface area contributed by atoms with Crippen molar-refractivity contribution in [3.8, 4) is 5.75 Å². The predicted octanol–water partition coefficient (Wildman–Crippen LogP) is 0.182. The first kappa shape index (κ1) is 13.8. The van der Waals surface area contributed by atoms with Crippen molar-refractivity contribution in [3.05, 3.63) is 23.8 Å². The SMILES string of the molecule is CCNC(=O)CN(C)C(=O)c1cc(O)ccc1N. The average Bonchev–Trinajstić information content (AvgIpc) is 2.31. The summed E-state index contributed by atoms with van der Waals surface area (Å²) in [6, 6.07) is 4.13. The molecule has 6 heteroatoms. The van der Waals surface area contributed by atoms with Gasteiger partial charge in [0, 0.05) is 19.3 Å². The number of hydrogen-bond acceptors (Lipinski definition) is 4. The third-order valence-electron chi connectivity index (χ3n) is 2.37. The molecule has 0 fully saturated rings. The summed E-state index contributed by atoms with van der Waals surface area (Å²) in [4.78, 5) is 24.6. The minimum Gasteiger partial charge on any atom is -0.508 e. The van der Waals surface area contributed by atoms with Crippen LogP contribution in [0, 0.1) is 0 Å². The van der Waals surface area contributed by atoms with Crippen LogP contribution in [0.2, 0.25) is 0 Å². The molecule has 0 radical (unpaired) electrons. The van der Waals surface area contributed by atoms with Gasteiger partial charge in [-0.05, 0) is 25.1 Å².